The molecule has 0 saturated heterocycles. The Morgan fingerprint density at radius 2 is 2.38 bits per heavy atom. The van der Waals surface area contributed by atoms with Gasteiger partial charge in [-0.25, -0.2) is 4.98 Å². The summed E-state index contributed by atoms with van der Waals surface area (Å²) in [6, 6.07) is 4.20. The van der Waals surface area contributed by atoms with Gasteiger partial charge in [0.2, 0.25) is 5.95 Å². The first kappa shape index (κ1) is 10.9. The van der Waals surface area contributed by atoms with Crippen LogP contribution in [0, 0.1) is 6.92 Å². The van der Waals surface area contributed by atoms with Gasteiger partial charge in [-0.1, -0.05) is 6.07 Å². The predicted molar refractivity (Wildman–Crippen MR) is 67.7 cm³/mol. The van der Waals surface area contributed by atoms with Crippen molar-refractivity contribution in [2.75, 3.05) is 17.6 Å². The van der Waals surface area contributed by atoms with Gasteiger partial charge < -0.3 is 11.1 Å². The Bertz CT molecular complexity index is 453. The molecule has 0 bridgehead atoms. The Hall–Kier alpha value is -1.62. The Balaban J connectivity index is 1.92. The van der Waals surface area contributed by atoms with Gasteiger partial charge in [-0.05, 0) is 24.8 Å². The second-order valence-corrected chi connectivity index (χ2v) is 4.55. The molecular formula is C11H14N4S. The van der Waals surface area contributed by atoms with E-state index in [0.717, 1.165) is 24.3 Å². The molecule has 2 aromatic heterocycles. The van der Waals surface area contributed by atoms with E-state index in [0.29, 0.717) is 5.95 Å². The van der Waals surface area contributed by atoms with Crippen LogP contribution in [0.15, 0.2) is 23.7 Å². The zero-order valence-corrected chi connectivity index (χ0v) is 9.92. The van der Waals surface area contributed by atoms with E-state index < -0.39 is 0 Å². The lowest BCUT2D eigenvalue weighted by molar-refractivity contribution is 1.01. The van der Waals surface area contributed by atoms with Gasteiger partial charge in [0.05, 0.1) is 0 Å². The number of rotatable bonds is 4. The smallest absolute Gasteiger partial charge is 0.221 e. The zero-order valence-electron chi connectivity index (χ0n) is 9.10. The lowest BCUT2D eigenvalue weighted by Gasteiger charge is -2.07. The fraction of sp³-hybridized carbons (Fsp3) is 0.273. The molecule has 2 rings (SSSR count). The Morgan fingerprint density at radius 1 is 1.50 bits per heavy atom. The summed E-state index contributed by atoms with van der Waals surface area (Å²) in [6.45, 7) is 2.82. The molecule has 0 aliphatic carbocycles. The predicted octanol–water partition coefficient (Wildman–Crippen LogP) is 2.08. The molecule has 5 heteroatoms. The van der Waals surface area contributed by atoms with E-state index in [1.807, 2.05) is 6.92 Å². The third-order valence-electron chi connectivity index (χ3n) is 2.23. The fourth-order valence-corrected chi connectivity index (χ4v) is 2.10. The van der Waals surface area contributed by atoms with Crippen molar-refractivity contribution in [2.24, 2.45) is 0 Å². The molecule has 0 aliphatic rings. The third-order valence-corrected chi connectivity index (χ3v) is 3.17. The van der Waals surface area contributed by atoms with E-state index in [-0.39, 0.29) is 0 Å². The van der Waals surface area contributed by atoms with E-state index in [4.69, 9.17) is 5.73 Å². The Labute approximate surface area is 98.6 Å². The Kier molecular flexibility index (Phi) is 3.36. The van der Waals surface area contributed by atoms with Gasteiger partial charge in [-0.15, -0.1) is 11.3 Å². The number of nitrogen functional groups attached to an aromatic ring is 1. The minimum absolute atomic E-state index is 0.309. The minimum Gasteiger partial charge on any atom is -0.369 e. The molecule has 0 saturated carbocycles. The van der Waals surface area contributed by atoms with Crippen LogP contribution >= 0.6 is 11.3 Å². The quantitative estimate of drug-likeness (QED) is 0.850. The topological polar surface area (TPSA) is 63.8 Å². The van der Waals surface area contributed by atoms with E-state index >= 15 is 0 Å². The van der Waals surface area contributed by atoms with Crippen molar-refractivity contribution in [1.29, 1.82) is 0 Å². The molecule has 0 aromatic carbocycles. The SMILES string of the molecule is Cc1cnc(N)nc1NCCc1cccs1. The van der Waals surface area contributed by atoms with Gasteiger partial charge in [0.25, 0.3) is 0 Å². The lowest BCUT2D eigenvalue weighted by Crippen LogP contribution is -2.08. The molecule has 4 nitrogen and oxygen atoms in total. The number of aryl methyl sites for hydroxylation is 1. The van der Waals surface area contributed by atoms with Crippen LogP contribution in [0.2, 0.25) is 0 Å². The maximum absolute atomic E-state index is 5.53. The van der Waals surface area contributed by atoms with Crippen LogP contribution in [-0.2, 0) is 6.42 Å². The van der Waals surface area contributed by atoms with Crippen LogP contribution in [0.4, 0.5) is 11.8 Å². The van der Waals surface area contributed by atoms with Gasteiger partial charge in [-0.3, -0.25) is 0 Å². The standard InChI is InChI=1S/C11H14N4S/c1-8-7-14-11(12)15-10(8)13-5-4-9-3-2-6-16-9/h2-3,6-7H,4-5H2,1H3,(H3,12,13,14,15). The van der Waals surface area contributed by atoms with Crippen LogP contribution < -0.4 is 11.1 Å². The first-order valence-electron chi connectivity index (χ1n) is 5.11. The zero-order chi connectivity index (χ0) is 11.4. The maximum Gasteiger partial charge on any atom is 0.221 e. The summed E-state index contributed by atoms with van der Waals surface area (Å²) < 4.78 is 0. The van der Waals surface area contributed by atoms with E-state index in [9.17, 15) is 0 Å². The average molecular weight is 234 g/mol. The third kappa shape index (κ3) is 2.70. The van der Waals surface area contributed by atoms with Crippen LogP contribution in [0.25, 0.3) is 0 Å². The second-order valence-electron chi connectivity index (χ2n) is 3.52. The van der Waals surface area contributed by atoms with Crippen LogP contribution in [0.5, 0.6) is 0 Å². The van der Waals surface area contributed by atoms with E-state index in [1.54, 1.807) is 17.5 Å². The molecule has 0 amide bonds. The first-order chi connectivity index (χ1) is 7.75. The summed E-state index contributed by atoms with van der Waals surface area (Å²) >= 11 is 1.77. The molecule has 2 heterocycles. The number of anilines is 2. The molecule has 2 aromatic rings. The number of hydrogen-bond donors (Lipinski definition) is 2. The number of aromatic nitrogens is 2. The van der Waals surface area contributed by atoms with Gasteiger partial charge in [0, 0.05) is 23.2 Å². The Morgan fingerprint density at radius 3 is 3.12 bits per heavy atom. The highest BCUT2D eigenvalue weighted by Crippen LogP contribution is 2.12. The highest BCUT2D eigenvalue weighted by atomic mass is 32.1. The van der Waals surface area contributed by atoms with Crippen molar-refractivity contribution in [1.82, 2.24) is 9.97 Å². The van der Waals surface area contributed by atoms with Crippen molar-refractivity contribution >= 4 is 23.1 Å². The molecule has 84 valence electrons. The molecule has 0 spiro atoms. The first-order valence-corrected chi connectivity index (χ1v) is 5.99. The molecule has 0 aliphatic heterocycles. The van der Waals surface area contributed by atoms with Gasteiger partial charge in [-0.2, -0.15) is 4.98 Å². The number of nitrogens with one attached hydrogen (secondary N) is 1. The van der Waals surface area contributed by atoms with Crippen molar-refractivity contribution in [2.45, 2.75) is 13.3 Å². The number of nitrogens with zero attached hydrogens (tertiary/aromatic N) is 2. The number of thiophene rings is 1. The molecule has 0 radical (unpaired) electrons. The van der Waals surface area contributed by atoms with Gasteiger partial charge >= 0.3 is 0 Å². The van der Waals surface area contributed by atoms with Gasteiger partial charge in [0.1, 0.15) is 5.82 Å². The summed E-state index contributed by atoms with van der Waals surface area (Å²) in [7, 11) is 0. The fourth-order valence-electron chi connectivity index (χ4n) is 1.39. The molecule has 16 heavy (non-hydrogen) atoms. The van der Waals surface area contributed by atoms with Crippen molar-refractivity contribution in [3.8, 4) is 0 Å². The monoisotopic (exact) mass is 234 g/mol. The van der Waals surface area contributed by atoms with Gasteiger partial charge in [0.15, 0.2) is 0 Å². The summed E-state index contributed by atoms with van der Waals surface area (Å²) in [4.78, 5) is 9.44. The largest absolute Gasteiger partial charge is 0.369 e. The maximum atomic E-state index is 5.53. The van der Waals surface area contributed by atoms with Crippen LogP contribution in [0.3, 0.4) is 0 Å². The van der Waals surface area contributed by atoms with E-state index in [2.05, 4.69) is 32.8 Å². The summed E-state index contributed by atoms with van der Waals surface area (Å²) in [6.07, 6.45) is 2.73. The van der Waals surface area contributed by atoms with E-state index in [1.165, 1.54) is 4.88 Å². The average Bonchev–Trinajstić information content (AvgIpc) is 2.76. The highest BCUT2D eigenvalue weighted by molar-refractivity contribution is 7.09. The highest BCUT2D eigenvalue weighted by Gasteiger charge is 2.01. The molecule has 0 atom stereocenters. The molecular weight excluding hydrogens is 220 g/mol. The van der Waals surface area contributed by atoms with Crippen molar-refractivity contribution < 1.29 is 0 Å². The van der Waals surface area contributed by atoms with Crippen LogP contribution in [-0.4, -0.2) is 16.5 Å². The van der Waals surface area contributed by atoms with Crippen LogP contribution in [0.1, 0.15) is 10.4 Å². The molecule has 0 fully saturated rings. The van der Waals surface area contributed by atoms with Crippen molar-refractivity contribution in [3.05, 3.63) is 34.2 Å². The molecule has 0 unspecified atom stereocenters. The second kappa shape index (κ2) is 4.94. The number of nitrogens with two attached hydrogens (primary N) is 1. The normalized spacial score (nSPS) is 10.3. The minimum atomic E-state index is 0.309. The summed E-state index contributed by atoms with van der Waals surface area (Å²) in [5.74, 6) is 1.13. The molecule has 3 N–H and O–H groups in total. The number of hydrogen-bond acceptors (Lipinski definition) is 5. The summed E-state index contributed by atoms with van der Waals surface area (Å²) in [5.41, 5.74) is 6.55. The summed E-state index contributed by atoms with van der Waals surface area (Å²) in [5, 5.41) is 5.35. The van der Waals surface area contributed by atoms with Crippen molar-refractivity contribution in [3.63, 3.8) is 0 Å². The lowest BCUT2D eigenvalue weighted by atomic mass is 10.3.